The molecule has 0 aromatic heterocycles. The molecule has 29 heavy (non-hydrogen) atoms. The molecule has 4 nitrogen and oxygen atoms in total. The van der Waals surface area contributed by atoms with E-state index < -0.39 is 0 Å². The maximum Gasteiger partial charge on any atom is 0.232 e. The Kier molecular flexibility index (Phi) is 4.81. The van der Waals surface area contributed by atoms with Crippen molar-refractivity contribution in [3.8, 4) is 5.75 Å². The van der Waals surface area contributed by atoms with Gasteiger partial charge in [-0.05, 0) is 42.0 Å². The summed E-state index contributed by atoms with van der Waals surface area (Å²) in [5, 5.41) is 0. The maximum absolute atomic E-state index is 13.4. The molecule has 2 aromatic rings. The van der Waals surface area contributed by atoms with Crippen LogP contribution in [0.15, 0.2) is 59.8 Å². The van der Waals surface area contributed by atoms with E-state index in [1.54, 1.807) is 12.0 Å². The Morgan fingerprint density at radius 2 is 1.79 bits per heavy atom. The van der Waals surface area contributed by atoms with Gasteiger partial charge in [-0.15, -0.1) is 0 Å². The number of Topliss-reactive ketones (excluding diaryl/α,β-unsaturated/α-hetero) is 1. The largest absolute Gasteiger partial charge is 0.497 e. The van der Waals surface area contributed by atoms with Crippen LogP contribution in [0.4, 0.5) is 5.69 Å². The summed E-state index contributed by atoms with van der Waals surface area (Å²) < 4.78 is 5.36. The van der Waals surface area contributed by atoms with Gasteiger partial charge in [0.15, 0.2) is 5.78 Å². The molecular formula is C25H27NO3. The fourth-order valence-electron chi connectivity index (χ4n) is 4.71. The minimum Gasteiger partial charge on any atom is -0.497 e. The summed E-state index contributed by atoms with van der Waals surface area (Å²) in [6.45, 7) is 6.24. The van der Waals surface area contributed by atoms with Gasteiger partial charge in [0.1, 0.15) is 5.75 Å². The summed E-state index contributed by atoms with van der Waals surface area (Å²) in [5.41, 5.74) is 4.43. The van der Waals surface area contributed by atoms with Gasteiger partial charge in [0.2, 0.25) is 5.91 Å². The Morgan fingerprint density at radius 3 is 2.52 bits per heavy atom. The van der Waals surface area contributed by atoms with Gasteiger partial charge >= 0.3 is 0 Å². The third kappa shape index (κ3) is 3.48. The molecule has 0 radical (unpaired) electrons. The topological polar surface area (TPSA) is 46.6 Å². The molecule has 0 spiro atoms. The standard InChI is InChI=1S/C25H27NO3/c1-16-8-5-6-11-19(16)20-13-23(28)26(17-9-7-10-18(12-17)29-4)21-14-25(2,3)15-22(27)24(20)21/h5-12,20H,13-15H2,1-4H3. The lowest BCUT2D eigenvalue weighted by Gasteiger charge is -2.43. The SMILES string of the molecule is COc1cccc(N2C(=O)CC(c3ccccc3C)C3=C2CC(C)(C)CC3=O)c1. The fourth-order valence-corrected chi connectivity index (χ4v) is 4.71. The predicted octanol–water partition coefficient (Wildman–Crippen LogP) is 5.17. The quantitative estimate of drug-likeness (QED) is 0.728. The van der Waals surface area contributed by atoms with E-state index in [1.807, 2.05) is 55.5 Å². The van der Waals surface area contributed by atoms with Crippen LogP contribution in [0, 0.1) is 12.3 Å². The van der Waals surface area contributed by atoms with Crippen molar-refractivity contribution in [1.29, 1.82) is 0 Å². The van der Waals surface area contributed by atoms with E-state index in [1.165, 1.54) is 0 Å². The Morgan fingerprint density at radius 1 is 1.03 bits per heavy atom. The molecule has 1 aliphatic heterocycles. The highest BCUT2D eigenvalue weighted by atomic mass is 16.5. The average Bonchev–Trinajstić information content (AvgIpc) is 2.66. The molecule has 2 aliphatic rings. The minimum atomic E-state index is -0.180. The molecule has 1 atom stereocenters. The molecule has 0 fully saturated rings. The number of ketones is 1. The number of nitrogens with zero attached hydrogens (tertiary/aromatic N) is 1. The normalized spacial score (nSPS) is 21.2. The molecule has 1 amide bonds. The van der Waals surface area contributed by atoms with Crippen molar-refractivity contribution in [2.75, 3.05) is 12.0 Å². The van der Waals surface area contributed by atoms with Gasteiger partial charge in [0.05, 0.1) is 12.8 Å². The molecule has 1 aliphatic carbocycles. The average molecular weight is 389 g/mol. The Labute approximate surface area is 172 Å². The number of hydrogen-bond acceptors (Lipinski definition) is 3. The molecule has 4 rings (SSSR count). The summed E-state index contributed by atoms with van der Waals surface area (Å²) in [4.78, 5) is 28.5. The molecule has 0 bridgehead atoms. The fraction of sp³-hybridized carbons (Fsp3) is 0.360. The van der Waals surface area contributed by atoms with Gasteiger partial charge in [-0.2, -0.15) is 0 Å². The highest BCUT2D eigenvalue weighted by Crippen LogP contribution is 2.48. The first kappa shape index (κ1) is 19.4. The van der Waals surface area contributed by atoms with Crippen molar-refractivity contribution in [3.63, 3.8) is 0 Å². The van der Waals surface area contributed by atoms with Gasteiger partial charge in [-0.1, -0.05) is 44.2 Å². The van der Waals surface area contributed by atoms with Crippen LogP contribution in [0.2, 0.25) is 0 Å². The van der Waals surface area contributed by atoms with Gasteiger partial charge < -0.3 is 4.74 Å². The second kappa shape index (κ2) is 7.18. The van der Waals surface area contributed by atoms with E-state index in [9.17, 15) is 9.59 Å². The lowest BCUT2D eigenvalue weighted by atomic mass is 9.69. The van der Waals surface area contributed by atoms with Gasteiger partial charge in [0.25, 0.3) is 0 Å². The number of hydrogen-bond donors (Lipinski definition) is 0. The molecular weight excluding hydrogens is 362 g/mol. The minimum absolute atomic E-state index is 0.0238. The highest BCUT2D eigenvalue weighted by Gasteiger charge is 2.44. The molecule has 0 saturated heterocycles. The highest BCUT2D eigenvalue weighted by molar-refractivity contribution is 6.08. The number of benzene rings is 2. The van der Waals surface area contributed by atoms with Gasteiger partial charge in [-0.3, -0.25) is 14.5 Å². The van der Waals surface area contributed by atoms with Crippen LogP contribution in [0.1, 0.15) is 50.2 Å². The van der Waals surface area contributed by atoms with Crippen molar-refractivity contribution < 1.29 is 14.3 Å². The van der Waals surface area contributed by atoms with E-state index in [4.69, 9.17) is 4.74 Å². The molecule has 0 saturated carbocycles. The summed E-state index contributed by atoms with van der Waals surface area (Å²) in [6, 6.07) is 15.6. The van der Waals surface area contributed by atoms with Crippen LogP contribution in [-0.2, 0) is 9.59 Å². The third-order valence-corrected chi connectivity index (χ3v) is 6.02. The van der Waals surface area contributed by atoms with Gasteiger partial charge in [-0.25, -0.2) is 0 Å². The number of rotatable bonds is 3. The predicted molar refractivity (Wildman–Crippen MR) is 114 cm³/mol. The zero-order valence-electron chi connectivity index (χ0n) is 17.5. The monoisotopic (exact) mass is 389 g/mol. The van der Waals surface area contributed by atoms with Crippen molar-refractivity contribution in [2.45, 2.75) is 46.0 Å². The number of aryl methyl sites for hydroxylation is 1. The first-order chi connectivity index (χ1) is 13.8. The van der Waals surface area contributed by atoms with Crippen molar-refractivity contribution in [2.24, 2.45) is 5.41 Å². The van der Waals surface area contributed by atoms with Crippen LogP contribution in [-0.4, -0.2) is 18.8 Å². The zero-order valence-corrected chi connectivity index (χ0v) is 17.5. The van der Waals surface area contributed by atoms with Crippen LogP contribution in [0.25, 0.3) is 0 Å². The van der Waals surface area contributed by atoms with Crippen LogP contribution in [0.5, 0.6) is 5.75 Å². The third-order valence-electron chi connectivity index (χ3n) is 6.02. The van der Waals surface area contributed by atoms with E-state index in [-0.39, 0.29) is 23.0 Å². The smallest absolute Gasteiger partial charge is 0.232 e. The molecule has 2 aromatic carbocycles. The Hall–Kier alpha value is -2.88. The zero-order chi connectivity index (χ0) is 20.8. The van der Waals surface area contributed by atoms with Crippen molar-refractivity contribution in [1.82, 2.24) is 0 Å². The van der Waals surface area contributed by atoms with Crippen LogP contribution < -0.4 is 9.64 Å². The number of carbonyl (C=O) groups is 2. The number of carbonyl (C=O) groups excluding carboxylic acids is 2. The van der Waals surface area contributed by atoms with E-state index in [0.29, 0.717) is 25.0 Å². The summed E-state index contributed by atoms with van der Waals surface area (Å²) in [5.74, 6) is 0.699. The maximum atomic E-state index is 13.4. The first-order valence-electron chi connectivity index (χ1n) is 10.1. The Balaban J connectivity index is 1.91. The number of anilines is 1. The molecule has 1 heterocycles. The number of allylic oxidation sites excluding steroid dienone is 2. The Bertz CT molecular complexity index is 1020. The van der Waals surface area contributed by atoms with E-state index >= 15 is 0 Å². The second-order valence-corrected chi connectivity index (χ2v) is 8.85. The van der Waals surface area contributed by atoms with Crippen molar-refractivity contribution in [3.05, 3.63) is 70.9 Å². The van der Waals surface area contributed by atoms with Crippen LogP contribution >= 0.6 is 0 Å². The van der Waals surface area contributed by atoms with Crippen molar-refractivity contribution >= 4 is 17.4 Å². The summed E-state index contributed by atoms with van der Waals surface area (Å²) in [6.07, 6.45) is 1.50. The van der Waals surface area contributed by atoms with E-state index in [0.717, 1.165) is 28.1 Å². The molecule has 150 valence electrons. The number of amides is 1. The van der Waals surface area contributed by atoms with E-state index in [2.05, 4.69) is 13.8 Å². The molecule has 0 N–H and O–H groups in total. The summed E-state index contributed by atoms with van der Waals surface area (Å²) in [7, 11) is 1.61. The molecule has 1 unspecified atom stereocenters. The first-order valence-corrected chi connectivity index (χ1v) is 10.1. The lowest BCUT2D eigenvalue weighted by molar-refractivity contribution is -0.121. The molecule has 4 heteroatoms. The van der Waals surface area contributed by atoms with Crippen LogP contribution in [0.3, 0.4) is 0 Å². The summed E-state index contributed by atoms with van der Waals surface area (Å²) >= 11 is 0. The van der Waals surface area contributed by atoms with Gasteiger partial charge in [0, 0.05) is 36.1 Å². The second-order valence-electron chi connectivity index (χ2n) is 8.85. The number of methoxy groups -OCH3 is 1. The number of ether oxygens (including phenoxy) is 1. The lowest BCUT2D eigenvalue weighted by Crippen LogP contribution is -2.43.